The molecule has 148 valence electrons. The molecule has 0 unspecified atom stereocenters. The molecular weight excluding hydrogens is 380 g/mol. The standard InChI is InChI=1S/C25H30OS2/c26-25(23-15-7-1-9-19(23)17-27-21-11-3-4-12-21)24-16-8-2-10-20(24)18-28-22-13-5-6-14-22/h1-2,7-10,15-16,21-22H,3-6,11-14,17-18H2. The molecule has 0 aromatic heterocycles. The first-order valence-electron chi connectivity index (χ1n) is 10.7. The summed E-state index contributed by atoms with van der Waals surface area (Å²) in [6.07, 6.45) is 10.8. The molecular formula is C25H30OS2. The van der Waals surface area contributed by atoms with E-state index >= 15 is 0 Å². The third-order valence-corrected chi connectivity index (χ3v) is 8.92. The predicted molar refractivity (Wildman–Crippen MR) is 123 cm³/mol. The van der Waals surface area contributed by atoms with Crippen molar-refractivity contribution < 1.29 is 4.79 Å². The molecule has 0 N–H and O–H groups in total. The van der Waals surface area contributed by atoms with Gasteiger partial charge in [-0.1, -0.05) is 74.2 Å². The van der Waals surface area contributed by atoms with Gasteiger partial charge in [-0.3, -0.25) is 4.79 Å². The molecule has 2 saturated carbocycles. The van der Waals surface area contributed by atoms with Gasteiger partial charge in [0.15, 0.2) is 5.78 Å². The van der Waals surface area contributed by atoms with Crippen LogP contribution in [0.3, 0.4) is 0 Å². The van der Waals surface area contributed by atoms with Crippen molar-refractivity contribution in [2.45, 2.75) is 73.4 Å². The van der Waals surface area contributed by atoms with Gasteiger partial charge in [-0.15, -0.1) is 0 Å². The van der Waals surface area contributed by atoms with Crippen LogP contribution in [0.15, 0.2) is 48.5 Å². The van der Waals surface area contributed by atoms with E-state index in [9.17, 15) is 4.79 Å². The molecule has 0 heterocycles. The van der Waals surface area contributed by atoms with Crippen LogP contribution in [-0.4, -0.2) is 16.3 Å². The molecule has 0 saturated heterocycles. The van der Waals surface area contributed by atoms with E-state index in [4.69, 9.17) is 0 Å². The maximum absolute atomic E-state index is 13.5. The second-order valence-electron chi connectivity index (χ2n) is 8.08. The maximum atomic E-state index is 13.5. The van der Waals surface area contributed by atoms with Crippen molar-refractivity contribution in [3.63, 3.8) is 0 Å². The molecule has 3 heteroatoms. The summed E-state index contributed by atoms with van der Waals surface area (Å²) in [6.45, 7) is 0. The number of rotatable bonds is 8. The lowest BCUT2D eigenvalue weighted by molar-refractivity contribution is 0.103. The Balaban J connectivity index is 1.49. The quantitative estimate of drug-likeness (QED) is 0.426. The molecule has 2 aliphatic rings. The number of carbonyl (C=O) groups is 1. The summed E-state index contributed by atoms with van der Waals surface area (Å²) in [5, 5.41) is 1.55. The van der Waals surface area contributed by atoms with Crippen LogP contribution in [0.4, 0.5) is 0 Å². The Morgan fingerprint density at radius 2 is 1.07 bits per heavy atom. The normalized spacial score (nSPS) is 18.0. The number of benzene rings is 2. The van der Waals surface area contributed by atoms with Crippen LogP contribution in [0, 0.1) is 0 Å². The molecule has 0 amide bonds. The monoisotopic (exact) mass is 410 g/mol. The number of hydrogen-bond donors (Lipinski definition) is 0. The zero-order valence-electron chi connectivity index (χ0n) is 16.6. The molecule has 0 spiro atoms. The maximum Gasteiger partial charge on any atom is 0.193 e. The van der Waals surface area contributed by atoms with Crippen molar-refractivity contribution in [1.82, 2.24) is 0 Å². The summed E-state index contributed by atoms with van der Waals surface area (Å²) in [7, 11) is 0. The summed E-state index contributed by atoms with van der Waals surface area (Å²) in [5.74, 6) is 2.10. The largest absolute Gasteiger partial charge is 0.289 e. The number of carbonyl (C=O) groups excluding carboxylic acids is 1. The summed E-state index contributed by atoms with van der Waals surface area (Å²) < 4.78 is 0. The van der Waals surface area contributed by atoms with Crippen molar-refractivity contribution in [2.75, 3.05) is 0 Å². The zero-order valence-corrected chi connectivity index (χ0v) is 18.2. The van der Waals surface area contributed by atoms with Gasteiger partial charge in [0.25, 0.3) is 0 Å². The molecule has 1 nitrogen and oxygen atoms in total. The van der Waals surface area contributed by atoms with Crippen LogP contribution >= 0.6 is 23.5 Å². The van der Waals surface area contributed by atoms with Crippen molar-refractivity contribution in [2.24, 2.45) is 0 Å². The van der Waals surface area contributed by atoms with Gasteiger partial charge in [-0.25, -0.2) is 0 Å². The minimum atomic E-state index is 0.199. The fourth-order valence-corrected chi connectivity index (χ4v) is 7.07. The molecule has 2 aromatic rings. The van der Waals surface area contributed by atoms with E-state index in [0.717, 1.165) is 33.1 Å². The highest BCUT2D eigenvalue weighted by atomic mass is 32.2. The van der Waals surface area contributed by atoms with Crippen molar-refractivity contribution >= 4 is 29.3 Å². The lowest BCUT2D eigenvalue weighted by Gasteiger charge is -2.15. The Labute approximate surface area is 178 Å². The topological polar surface area (TPSA) is 17.1 Å². The van der Waals surface area contributed by atoms with Crippen LogP contribution < -0.4 is 0 Å². The average Bonchev–Trinajstić information content (AvgIpc) is 3.45. The van der Waals surface area contributed by atoms with Gasteiger partial charge in [0.05, 0.1) is 0 Å². The Kier molecular flexibility index (Phi) is 7.20. The first kappa shape index (κ1) is 20.1. The molecule has 28 heavy (non-hydrogen) atoms. The van der Waals surface area contributed by atoms with Gasteiger partial charge in [0.1, 0.15) is 0 Å². The van der Waals surface area contributed by atoms with Crippen molar-refractivity contribution in [3.8, 4) is 0 Å². The predicted octanol–water partition coefficient (Wildman–Crippen LogP) is 7.27. The van der Waals surface area contributed by atoms with Crippen molar-refractivity contribution in [3.05, 3.63) is 70.8 Å². The van der Waals surface area contributed by atoms with E-state index in [0.29, 0.717) is 0 Å². The second kappa shape index (κ2) is 10.0. The van der Waals surface area contributed by atoms with Crippen LogP contribution in [-0.2, 0) is 11.5 Å². The van der Waals surface area contributed by atoms with Crippen LogP contribution in [0.5, 0.6) is 0 Å². The molecule has 0 radical (unpaired) electrons. The molecule has 2 aliphatic carbocycles. The summed E-state index contributed by atoms with van der Waals surface area (Å²) in [6, 6.07) is 16.5. The third-order valence-electron chi connectivity index (χ3n) is 6.08. The van der Waals surface area contributed by atoms with Gasteiger partial charge in [0, 0.05) is 33.1 Å². The molecule has 0 atom stereocenters. The van der Waals surface area contributed by atoms with Crippen molar-refractivity contribution in [1.29, 1.82) is 0 Å². The lowest BCUT2D eigenvalue weighted by atomic mass is 9.96. The first-order valence-corrected chi connectivity index (χ1v) is 12.8. The van der Waals surface area contributed by atoms with E-state index < -0.39 is 0 Å². The van der Waals surface area contributed by atoms with Gasteiger partial charge in [-0.2, -0.15) is 23.5 Å². The second-order valence-corrected chi connectivity index (χ2v) is 10.7. The minimum absolute atomic E-state index is 0.199. The third kappa shape index (κ3) is 5.04. The molecule has 2 aromatic carbocycles. The van der Waals surface area contributed by atoms with E-state index in [-0.39, 0.29) is 5.78 Å². The smallest absolute Gasteiger partial charge is 0.193 e. The SMILES string of the molecule is O=C(c1ccccc1CSC1CCCC1)c1ccccc1CSC1CCCC1. The summed E-state index contributed by atoms with van der Waals surface area (Å²) >= 11 is 4.08. The number of ketones is 1. The summed E-state index contributed by atoms with van der Waals surface area (Å²) in [5.41, 5.74) is 4.18. The van der Waals surface area contributed by atoms with Gasteiger partial charge in [0.2, 0.25) is 0 Å². The Morgan fingerprint density at radius 3 is 1.50 bits per heavy atom. The number of thioether (sulfide) groups is 2. The van der Waals surface area contributed by atoms with Gasteiger partial charge >= 0.3 is 0 Å². The minimum Gasteiger partial charge on any atom is -0.289 e. The highest BCUT2D eigenvalue weighted by molar-refractivity contribution is 7.99. The van der Waals surface area contributed by atoms with Gasteiger partial charge < -0.3 is 0 Å². The fourth-order valence-electron chi connectivity index (χ4n) is 4.41. The van der Waals surface area contributed by atoms with E-state index in [2.05, 4.69) is 24.3 Å². The van der Waals surface area contributed by atoms with E-state index in [1.807, 2.05) is 47.8 Å². The fraction of sp³-hybridized carbons (Fsp3) is 0.480. The van der Waals surface area contributed by atoms with E-state index in [1.165, 1.54) is 62.5 Å². The van der Waals surface area contributed by atoms with Crippen LogP contribution in [0.1, 0.15) is 78.4 Å². The molecule has 0 bridgehead atoms. The highest BCUT2D eigenvalue weighted by Crippen LogP contribution is 2.34. The Hall–Kier alpha value is -1.19. The Bertz CT molecular complexity index is 723. The van der Waals surface area contributed by atoms with Crippen LogP contribution in [0.2, 0.25) is 0 Å². The lowest BCUT2D eigenvalue weighted by Crippen LogP contribution is -2.09. The van der Waals surface area contributed by atoms with E-state index in [1.54, 1.807) is 0 Å². The zero-order chi connectivity index (χ0) is 19.2. The highest BCUT2D eigenvalue weighted by Gasteiger charge is 2.21. The van der Waals surface area contributed by atoms with Gasteiger partial charge in [-0.05, 0) is 36.8 Å². The Morgan fingerprint density at radius 1 is 0.679 bits per heavy atom. The number of hydrogen-bond acceptors (Lipinski definition) is 3. The first-order chi connectivity index (χ1) is 13.8. The summed E-state index contributed by atoms with van der Waals surface area (Å²) in [4.78, 5) is 13.5. The molecule has 4 rings (SSSR count). The average molecular weight is 411 g/mol. The molecule has 2 fully saturated rings. The van der Waals surface area contributed by atoms with Crippen LogP contribution in [0.25, 0.3) is 0 Å². The molecule has 0 aliphatic heterocycles.